The molecule has 4 rings (SSSR count). The number of carbonyl (C=O) groups is 3. The number of rotatable bonds is 8. The first-order valence-electron chi connectivity index (χ1n) is 10.8. The molecule has 0 unspecified atom stereocenters. The first kappa shape index (κ1) is 22.7. The Morgan fingerprint density at radius 2 is 1.88 bits per heavy atom. The van der Waals surface area contributed by atoms with E-state index in [1.54, 1.807) is 12.0 Å². The number of benzene rings is 1. The molecule has 3 aliphatic rings. The van der Waals surface area contributed by atoms with Gasteiger partial charge in [0, 0.05) is 58.0 Å². The lowest BCUT2D eigenvalue weighted by Crippen LogP contribution is -2.51. The van der Waals surface area contributed by atoms with Crippen LogP contribution in [0.2, 0.25) is 0 Å². The van der Waals surface area contributed by atoms with Crippen molar-refractivity contribution in [2.24, 2.45) is 0 Å². The fraction of sp³-hybridized carbons (Fsp3) is 0.571. The third kappa shape index (κ3) is 4.50. The molecule has 1 aliphatic carbocycles. The number of amides is 3. The number of piperazine rings is 1. The lowest BCUT2D eigenvalue weighted by Gasteiger charge is -2.34. The molecule has 0 bridgehead atoms. The lowest BCUT2D eigenvalue weighted by molar-refractivity contribution is -0.122. The summed E-state index contributed by atoms with van der Waals surface area (Å²) in [4.78, 5) is 41.1. The molecule has 10 nitrogen and oxygen atoms in total. The number of nitrogens with one attached hydrogen (secondary N) is 1. The minimum absolute atomic E-state index is 0.0606. The van der Waals surface area contributed by atoms with Crippen LogP contribution in [0, 0.1) is 0 Å². The Morgan fingerprint density at radius 3 is 2.53 bits per heavy atom. The quantitative estimate of drug-likeness (QED) is 0.534. The highest BCUT2D eigenvalue weighted by Gasteiger charge is 2.49. The standard InChI is InChI=1S/C21H28N4O6S/c1-31-12-2-7-22-19(26)14-23-8-10-24(11-9-23)20(27)15-3-6-17-18(13-15)32(29,30)25(21(17)28)16-4-5-16/h3,6,13,16H,2,4-5,7-12,14H2,1H3,(H,22,26). The van der Waals surface area contributed by atoms with E-state index in [9.17, 15) is 22.8 Å². The topological polar surface area (TPSA) is 116 Å². The molecular formula is C21H28N4O6S. The van der Waals surface area contributed by atoms with Crippen LogP contribution >= 0.6 is 0 Å². The fourth-order valence-corrected chi connectivity index (χ4v) is 5.89. The van der Waals surface area contributed by atoms with E-state index in [1.807, 2.05) is 4.90 Å². The number of carbonyl (C=O) groups excluding carboxylic acids is 3. The number of fused-ring (bicyclic) bond motifs is 1. The van der Waals surface area contributed by atoms with Crippen molar-refractivity contribution in [1.29, 1.82) is 0 Å². The van der Waals surface area contributed by atoms with Crippen LogP contribution < -0.4 is 5.32 Å². The van der Waals surface area contributed by atoms with Gasteiger partial charge in [0.15, 0.2) is 0 Å². The van der Waals surface area contributed by atoms with Crippen LogP contribution in [-0.2, 0) is 19.6 Å². The highest BCUT2D eigenvalue weighted by Crippen LogP contribution is 2.39. The number of ether oxygens (including phenoxy) is 1. The summed E-state index contributed by atoms with van der Waals surface area (Å²) in [5, 5.41) is 2.85. The maximum atomic E-state index is 13.0. The van der Waals surface area contributed by atoms with Crippen molar-refractivity contribution in [1.82, 2.24) is 19.4 Å². The third-order valence-corrected chi connectivity index (χ3v) is 7.82. The Hall–Kier alpha value is -2.50. The molecule has 1 saturated carbocycles. The second-order valence-electron chi connectivity index (χ2n) is 8.31. The maximum absolute atomic E-state index is 13.0. The Morgan fingerprint density at radius 1 is 1.16 bits per heavy atom. The summed E-state index contributed by atoms with van der Waals surface area (Å²) >= 11 is 0. The normalized spacial score (nSPS) is 20.3. The summed E-state index contributed by atoms with van der Waals surface area (Å²) < 4.78 is 31.5. The molecule has 2 heterocycles. The zero-order valence-corrected chi connectivity index (χ0v) is 18.9. The number of hydrogen-bond donors (Lipinski definition) is 1. The minimum Gasteiger partial charge on any atom is -0.385 e. The molecule has 1 saturated heterocycles. The van der Waals surface area contributed by atoms with Crippen LogP contribution in [-0.4, -0.2) is 99.3 Å². The molecule has 11 heteroatoms. The Bertz CT molecular complexity index is 1020. The predicted molar refractivity (Wildman–Crippen MR) is 115 cm³/mol. The maximum Gasteiger partial charge on any atom is 0.269 e. The highest BCUT2D eigenvalue weighted by molar-refractivity contribution is 7.90. The summed E-state index contributed by atoms with van der Waals surface area (Å²) in [6.07, 6.45) is 2.12. The van der Waals surface area contributed by atoms with E-state index >= 15 is 0 Å². The molecule has 2 aliphatic heterocycles. The first-order valence-corrected chi connectivity index (χ1v) is 12.3. The smallest absolute Gasteiger partial charge is 0.269 e. The second kappa shape index (κ2) is 9.16. The summed E-state index contributed by atoms with van der Waals surface area (Å²) in [6.45, 7) is 3.40. The number of methoxy groups -OCH3 is 1. The Balaban J connectivity index is 1.34. The van der Waals surface area contributed by atoms with Crippen molar-refractivity contribution < 1.29 is 27.5 Å². The first-order chi connectivity index (χ1) is 15.3. The average Bonchev–Trinajstić information content (AvgIpc) is 3.58. The zero-order valence-electron chi connectivity index (χ0n) is 18.1. The number of nitrogens with zero attached hydrogens (tertiary/aromatic N) is 3. The molecule has 1 aromatic carbocycles. The third-order valence-electron chi connectivity index (χ3n) is 5.95. The van der Waals surface area contributed by atoms with Crippen LogP contribution in [0.25, 0.3) is 0 Å². The SMILES string of the molecule is COCCCNC(=O)CN1CCN(C(=O)c2ccc3c(c2)S(=O)(=O)N(C2CC2)C3=O)CC1. The van der Waals surface area contributed by atoms with E-state index in [0.29, 0.717) is 52.2 Å². The number of sulfonamides is 1. The molecule has 32 heavy (non-hydrogen) atoms. The van der Waals surface area contributed by atoms with Crippen LogP contribution in [0.4, 0.5) is 0 Å². The van der Waals surface area contributed by atoms with E-state index in [1.165, 1.54) is 18.2 Å². The number of hydrogen-bond acceptors (Lipinski definition) is 7. The van der Waals surface area contributed by atoms with Gasteiger partial charge >= 0.3 is 0 Å². The predicted octanol–water partition coefficient (Wildman–Crippen LogP) is -0.0960. The van der Waals surface area contributed by atoms with Crippen LogP contribution in [0.15, 0.2) is 23.1 Å². The molecule has 1 N–H and O–H groups in total. The largest absolute Gasteiger partial charge is 0.385 e. The summed E-state index contributed by atoms with van der Waals surface area (Å²) in [7, 11) is -2.28. The van der Waals surface area contributed by atoms with Gasteiger partial charge in [0.1, 0.15) is 4.90 Å². The van der Waals surface area contributed by atoms with Gasteiger partial charge in [0.2, 0.25) is 5.91 Å². The summed E-state index contributed by atoms with van der Waals surface area (Å²) in [5.41, 5.74) is 0.386. The van der Waals surface area contributed by atoms with Crippen molar-refractivity contribution >= 4 is 27.7 Å². The fourth-order valence-electron chi connectivity index (χ4n) is 4.05. The van der Waals surface area contributed by atoms with Crippen molar-refractivity contribution in [2.45, 2.75) is 30.2 Å². The van der Waals surface area contributed by atoms with E-state index in [2.05, 4.69) is 5.32 Å². The lowest BCUT2D eigenvalue weighted by atomic mass is 10.1. The Kier molecular flexibility index (Phi) is 6.50. The molecule has 2 fully saturated rings. The molecule has 3 amide bonds. The van der Waals surface area contributed by atoms with Gasteiger partial charge in [-0.15, -0.1) is 0 Å². The highest BCUT2D eigenvalue weighted by atomic mass is 32.2. The van der Waals surface area contributed by atoms with E-state index < -0.39 is 15.9 Å². The van der Waals surface area contributed by atoms with Gasteiger partial charge in [-0.3, -0.25) is 19.3 Å². The van der Waals surface area contributed by atoms with Crippen molar-refractivity contribution in [3.63, 3.8) is 0 Å². The minimum atomic E-state index is -3.90. The van der Waals surface area contributed by atoms with E-state index in [-0.39, 0.29) is 40.4 Å². The zero-order chi connectivity index (χ0) is 22.9. The molecule has 0 aromatic heterocycles. The molecule has 0 spiro atoms. The van der Waals surface area contributed by atoms with Gasteiger partial charge < -0.3 is 15.0 Å². The monoisotopic (exact) mass is 464 g/mol. The van der Waals surface area contributed by atoms with Gasteiger partial charge in [-0.25, -0.2) is 12.7 Å². The van der Waals surface area contributed by atoms with Crippen molar-refractivity contribution in [2.75, 3.05) is 53.0 Å². The molecular weight excluding hydrogens is 436 g/mol. The molecule has 174 valence electrons. The van der Waals surface area contributed by atoms with Gasteiger partial charge in [-0.2, -0.15) is 0 Å². The van der Waals surface area contributed by atoms with Gasteiger partial charge in [-0.05, 0) is 37.5 Å². The van der Waals surface area contributed by atoms with Gasteiger partial charge in [-0.1, -0.05) is 0 Å². The van der Waals surface area contributed by atoms with E-state index in [0.717, 1.165) is 10.7 Å². The summed E-state index contributed by atoms with van der Waals surface area (Å²) in [5.74, 6) is -0.839. The second-order valence-corrected chi connectivity index (χ2v) is 10.1. The van der Waals surface area contributed by atoms with Crippen molar-refractivity contribution in [3.05, 3.63) is 29.3 Å². The average molecular weight is 465 g/mol. The molecule has 0 radical (unpaired) electrons. The van der Waals surface area contributed by atoms with Crippen LogP contribution in [0.3, 0.4) is 0 Å². The summed E-state index contributed by atoms with van der Waals surface area (Å²) in [6, 6.07) is 4.02. The van der Waals surface area contributed by atoms with Gasteiger partial charge in [0.25, 0.3) is 21.8 Å². The van der Waals surface area contributed by atoms with E-state index in [4.69, 9.17) is 4.74 Å². The van der Waals surface area contributed by atoms with Crippen LogP contribution in [0.5, 0.6) is 0 Å². The molecule has 0 atom stereocenters. The van der Waals surface area contributed by atoms with Gasteiger partial charge in [0.05, 0.1) is 12.1 Å². The van der Waals surface area contributed by atoms with Crippen molar-refractivity contribution in [3.8, 4) is 0 Å². The molecule has 1 aromatic rings. The Labute approximate surface area is 187 Å². The van der Waals surface area contributed by atoms with Crippen LogP contribution in [0.1, 0.15) is 40.0 Å².